The lowest BCUT2D eigenvalue weighted by Crippen LogP contribution is -2.41. The molecule has 2 aromatic carbocycles. The Bertz CT molecular complexity index is 1350. The van der Waals surface area contributed by atoms with Gasteiger partial charge in [0, 0.05) is 19.2 Å². The number of benzene rings is 2. The Labute approximate surface area is 195 Å². The van der Waals surface area contributed by atoms with Crippen molar-refractivity contribution < 1.29 is 19.1 Å². The van der Waals surface area contributed by atoms with Crippen LogP contribution in [-0.4, -0.2) is 39.3 Å². The minimum atomic E-state index is -0.740. The van der Waals surface area contributed by atoms with Crippen molar-refractivity contribution in [3.05, 3.63) is 83.6 Å². The number of imide groups is 1. The fraction of sp³-hybridized carbons (Fsp3) is 0.160. The molecule has 2 aromatic heterocycles. The van der Waals surface area contributed by atoms with Gasteiger partial charge in [0.1, 0.15) is 0 Å². The van der Waals surface area contributed by atoms with Gasteiger partial charge in [0.15, 0.2) is 12.3 Å². The Hall–Kier alpha value is -4.53. The number of pyridine rings is 1. The fourth-order valence-corrected chi connectivity index (χ4v) is 3.56. The minimum Gasteiger partial charge on any atom is -0.452 e. The predicted molar refractivity (Wildman–Crippen MR) is 126 cm³/mol. The molecule has 0 aliphatic heterocycles. The average Bonchev–Trinajstić information content (AvgIpc) is 3.15. The normalized spacial score (nSPS) is 10.6. The first-order chi connectivity index (χ1) is 16.4. The van der Waals surface area contributed by atoms with Crippen LogP contribution in [-0.2, 0) is 23.1 Å². The van der Waals surface area contributed by atoms with Gasteiger partial charge in [0.05, 0.1) is 22.3 Å². The number of aromatic nitrogens is 3. The highest BCUT2D eigenvalue weighted by molar-refractivity contribution is 6.05. The van der Waals surface area contributed by atoms with E-state index in [9.17, 15) is 14.4 Å². The third kappa shape index (κ3) is 5.09. The first kappa shape index (κ1) is 22.7. The van der Waals surface area contributed by atoms with E-state index in [4.69, 9.17) is 4.74 Å². The van der Waals surface area contributed by atoms with Gasteiger partial charge in [-0.05, 0) is 18.6 Å². The highest BCUT2D eigenvalue weighted by Gasteiger charge is 2.21. The first-order valence-corrected chi connectivity index (χ1v) is 10.6. The third-order valence-electron chi connectivity index (χ3n) is 5.14. The van der Waals surface area contributed by atoms with E-state index < -0.39 is 24.5 Å². The summed E-state index contributed by atoms with van der Waals surface area (Å²) in [5.41, 5.74) is 3.67. The number of rotatable bonds is 6. The zero-order valence-electron chi connectivity index (χ0n) is 18.7. The Morgan fingerprint density at radius 1 is 1.00 bits per heavy atom. The summed E-state index contributed by atoms with van der Waals surface area (Å²) in [7, 11) is 1.74. The molecule has 0 saturated carbocycles. The monoisotopic (exact) mass is 457 g/mol. The largest absolute Gasteiger partial charge is 0.452 e. The van der Waals surface area contributed by atoms with E-state index in [1.54, 1.807) is 24.7 Å². The smallest absolute Gasteiger partial charge is 0.339 e. The number of nitrogens with one attached hydrogen (secondary N) is 2. The van der Waals surface area contributed by atoms with Crippen LogP contribution in [0.4, 0.5) is 4.79 Å². The highest BCUT2D eigenvalue weighted by atomic mass is 16.5. The van der Waals surface area contributed by atoms with Crippen LogP contribution in [0.25, 0.3) is 22.3 Å². The molecule has 0 atom stereocenters. The van der Waals surface area contributed by atoms with Crippen molar-refractivity contribution in [1.82, 2.24) is 25.4 Å². The van der Waals surface area contributed by atoms with Gasteiger partial charge in [-0.15, -0.1) is 0 Å². The fourth-order valence-electron chi connectivity index (χ4n) is 3.56. The van der Waals surface area contributed by atoms with E-state index in [0.717, 1.165) is 11.1 Å². The van der Waals surface area contributed by atoms with E-state index in [-0.39, 0.29) is 12.1 Å². The van der Waals surface area contributed by atoms with Crippen molar-refractivity contribution >= 4 is 28.9 Å². The molecule has 172 valence electrons. The van der Waals surface area contributed by atoms with Crippen LogP contribution in [0.1, 0.15) is 21.6 Å². The van der Waals surface area contributed by atoms with Crippen LogP contribution in [0, 0.1) is 6.92 Å². The van der Waals surface area contributed by atoms with Crippen LogP contribution in [0.3, 0.4) is 0 Å². The molecule has 0 unspecified atom stereocenters. The number of amides is 3. The lowest BCUT2D eigenvalue weighted by Gasteiger charge is -2.10. The molecule has 0 fully saturated rings. The molecule has 9 heteroatoms. The molecule has 4 rings (SSSR count). The Morgan fingerprint density at radius 2 is 1.68 bits per heavy atom. The van der Waals surface area contributed by atoms with Crippen molar-refractivity contribution in [2.24, 2.45) is 7.05 Å². The maximum atomic E-state index is 12.9. The van der Waals surface area contributed by atoms with Gasteiger partial charge in [-0.25, -0.2) is 14.6 Å². The molecule has 0 aliphatic rings. The molecule has 3 amide bonds. The van der Waals surface area contributed by atoms with Crippen LogP contribution in [0.2, 0.25) is 0 Å². The summed E-state index contributed by atoms with van der Waals surface area (Å²) < 4.78 is 6.82. The first-order valence-electron chi connectivity index (χ1n) is 10.6. The lowest BCUT2D eigenvalue weighted by atomic mass is 10.1. The second-order valence-corrected chi connectivity index (χ2v) is 7.62. The number of carbonyl (C=O) groups is 3. The average molecular weight is 457 g/mol. The van der Waals surface area contributed by atoms with Crippen molar-refractivity contribution in [1.29, 1.82) is 0 Å². The SMILES string of the molecule is Cc1nn(C)c2nc(-c3ccccc3)cc(C(=O)OCC(=O)NC(=O)NCc3ccccc3)c12. The number of esters is 1. The summed E-state index contributed by atoms with van der Waals surface area (Å²) in [5.74, 6) is -1.45. The molecule has 0 saturated heterocycles. The minimum absolute atomic E-state index is 0.246. The molecular weight excluding hydrogens is 434 g/mol. The summed E-state index contributed by atoms with van der Waals surface area (Å²) in [5, 5.41) is 9.64. The summed E-state index contributed by atoms with van der Waals surface area (Å²) in [6, 6.07) is 19.6. The number of nitrogens with zero attached hydrogens (tertiary/aromatic N) is 3. The molecule has 0 radical (unpaired) electrons. The molecule has 9 nitrogen and oxygen atoms in total. The zero-order chi connectivity index (χ0) is 24.1. The molecule has 0 bridgehead atoms. The summed E-state index contributed by atoms with van der Waals surface area (Å²) in [6.45, 7) is 1.42. The van der Waals surface area contributed by atoms with Gasteiger partial charge in [0.2, 0.25) is 0 Å². The third-order valence-corrected chi connectivity index (χ3v) is 5.14. The van der Waals surface area contributed by atoms with Crippen LogP contribution in [0.5, 0.6) is 0 Å². The standard InChI is InChI=1S/C25H23N5O4/c1-16-22-19(13-20(18-11-7-4-8-12-18)27-23(22)30(2)29-16)24(32)34-15-21(31)28-25(33)26-14-17-9-5-3-6-10-17/h3-13H,14-15H2,1-2H3,(H2,26,28,31,33). The van der Waals surface area contributed by atoms with Crippen LogP contribution in [0.15, 0.2) is 66.7 Å². The van der Waals surface area contributed by atoms with Crippen molar-refractivity contribution in [2.75, 3.05) is 6.61 Å². The zero-order valence-corrected chi connectivity index (χ0v) is 18.7. The maximum Gasteiger partial charge on any atom is 0.339 e. The molecule has 2 heterocycles. The Balaban J connectivity index is 1.45. The van der Waals surface area contributed by atoms with Gasteiger partial charge in [0.25, 0.3) is 5.91 Å². The number of urea groups is 1. The number of carbonyl (C=O) groups excluding carboxylic acids is 3. The number of aryl methyl sites for hydroxylation is 2. The van der Waals surface area contributed by atoms with Crippen molar-refractivity contribution in [3.63, 3.8) is 0 Å². The Morgan fingerprint density at radius 3 is 2.38 bits per heavy atom. The van der Waals surface area contributed by atoms with E-state index in [1.165, 1.54) is 0 Å². The van der Waals surface area contributed by atoms with Crippen molar-refractivity contribution in [3.8, 4) is 11.3 Å². The van der Waals surface area contributed by atoms with Crippen LogP contribution < -0.4 is 10.6 Å². The number of hydrogen-bond donors (Lipinski definition) is 2. The summed E-state index contributed by atoms with van der Waals surface area (Å²) in [4.78, 5) is 41.7. The molecule has 0 aliphatic carbocycles. The number of hydrogen-bond acceptors (Lipinski definition) is 6. The quantitative estimate of drug-likeness (QED) is 0.430. The number of fused-ring (bicyclic) bond motifs is 1. The van der Waals surface area contributed by atoms with E-state index in [1.807, 2.05) is 60.7 Å². The number of ether oxygens (including phenoxy) is 1. The van der Waals surface area contributed by atoms with E-state index in [0.29, 0.717) is 22.4 Å². The van der Waals surface area contributed by atoms with Gasteiger partial charge in [-0.1, -0.05) is 60.7 Å². The van der Waals surface area contributed by atoms with Gasteiger partial charge < -0.3 is 10.1 Å². The summed E-state index contributed by atoms with van der Waals surface area (Å²) >= 11 is 0. The summed E-state index contributed by atoms with van der Waals surface area (Å²) in [6.07, 6.45) is 0. The lowest BCUT2D eigenvalue weighted by molar-refractivity contribution is -0.123. The van der Waals surface area contributed by atoms with Gasteiger partial charge in [-0.2, -0.15) is 5.10 Å². The van der Waals surface area contributed by atoms with E-state index in [2.05, 4.69) is 20.7 Å². The topological polar surface area (TPSA) is 115 Å². The van der Waals surface area contributed by atoms with Gasteiger partial charge >= 0.3 is 12.0 Å². The maximum absolute atomic E-state index is 12.9. The van der Waals surface area contributed by atoms with Crippen molar-refractivity contribution in [2.45, 2.75) is 13.5 Å². The molecule has 4 aromatic rings. The molecule has 34 heavy (non-hydrogen) atoms. The molecular formula is C25H23N5O4. The predicted octanol–water partition coefficient (Wildman–Crippen LogP) is 3.13. The molecule has 0 spiro atoms. The second kappa shape index (κ2) is 9.95. The second-order valence-electron chi connectivity index (χ2n) is 7.62. The van der Waals surface area contributed by atoms with Gasteiger partial charge in [-0.3, -0.25) is 14.8 Å². The van der Waals surface area contributed by atoms with E-state index >= 15 is 0 Å². The van der Waals surface area contributed by atoms with Crippen LogP contribution >= 0.6 is 0 Å². The Kier molecular flexibility index (Phi) is 6.63. The molecule has 2 N–H and O–H groups in total. The highest BCUT2D eigenvalue weighted by Crippen LogP contribution is 2.27.